The lowest BCUT2D eigenvalue weighted by Crippen LogP contribution is -2.36. The Hall–Kier alpha value is -3.33. The Labute approximate surface area is 230 Å². The smallest absolute Gasteiger partial charge is 0.351 e. The molecule has 0 amide bonds. The quantitative estimate of drug-likeness (QED) is 0.386. The molecule has 0 aromatic carbocycles. The van der Waals surface area contributed by atoms with Crippen LogP contribution in [-0.4, -0.2) is 75.9 Å². The zero-order valence-electron chi connectivity index (χ0n) is 22.7. The molecule has 0 saturated heterocycles. The summed E-state index contributed by atoms with van der Waals surface area (Å²) < 4.78 is 64.7. The number of aromatic nitrogens is 5. The zero-order valence-corrected chi connectivity index (χ0v) is 23.6. The van der Waals surface area contributed by atoms with Crippen LogP contribution in [0.2, 0.25) is 0 Å². The first kappa shape index (κ1) is 29.6. The Morgan fingerprint density at radius 3 is 2.35 bits per heavy atom. The fourth-order valence-electron chi connectivity index (χ4n) is 4.71. The van der Waals surface area contributed by atoms with Crippen LogP contribution < -0.4 is 15.6 Å². The maximum Gasteiger partial charge on any atom is 0.390 e. The van der Waals surface area contributed by atoms with Gasteiger partial charge in [0.15, 0.2) is 5.65 Å². The molecule has 2 N–H and O–H groups in total. The lowest BCUT2D eigenvalue weighted by atomic mass is 9.91. The van der Waals surface area contributed by atoms with Gasteiger partial charge in [-0.2, -0.15) is 18.2 Å². The first-order valence-corrected chi connectivity index (χ1v) is 14.6. The van der Waals surface area contributed by atoms with Crippen molar-refractivity contribution in [1.29, 1.82) is 0 Å². The van der Waals surface area contributed by atoms with E-state index < -0.39 is 33.9 Å². The third kappa shape index (κ3) is 7.24. The van der Waals surface area contributed by atoms with E-state index in [-0.39, 0.29) is 23.6 Å². The topological polar surface area (TPSA) is 135 Å². The van der Waals surface area contributed by atoms with E-state index in [1.54, 1.807) is 6.20 Å². The molecule has 3 aromatic rings. The minimum Gasteiger partial charge on any atom is -0.351 e. The Morgan fingerprint density at radius 1 is 1.07 bits per heavy atom. The summed E-state index contributed by atoms with van der Waals surface area (Å²) in [6.45, 7) is 3.69. The molecular formula is C25H33F3N8O3S. The molecule has 4 rings (SSSR count). The number of anilines is 2. The van der Waals surface area contributed by atoms with E-state index in [0.717, 1.165) is 25.7 Å². The van der Waals surface area contributed by atoms with Gasteiger partial charge in [0.2, 0.25) is 16.0 Å². The van der Waals surface area contributed by atoms with E-state index in [1.807, 2.05) is 18.6 Å². The van der Waals surface area contributed by atoms with Gasteiger partial charge in [-0.25, -0.2) is 23.4 Å². The van der Waals surface area contributed by atoms with Gasteiger partial charge >= 0.3 is 6.18 Å². The number of rotatable bonds is 9. The van der Waals surface area contributed by atoms with E-state index in [0.29, 0.717) is 28.7 Å². The Morgan fingerprint density at radius 2 is 1.77 bits per heavy atom. The summed E-state index contributed by atoms with van der Waals surface area (Å²) in [5, 5.41) is 3.39. The highest BCUT2D eigenvalue weighted by atomic mass is 32.2. The van der Waals surface area contributed by atoms with Gasteiger partial charge < -0.3 is 10.2 Å². The van der Waals surface area contributed by atoms with Gasteiger partial charge in [0, 0.05) is 29.9 Å². The van der Waals surface area contributed by atoms with Crippen LogP contribution in [0.4, 0.5) is 24.9 Å². The predicted octanol–water partition coefficient (Wildman–Crippen LogP) is 3.81. The second-order valence-electron chi connectivity index (χ2n) is 10.5. The normalized spacial score (nSPS) is 18.4. The molecule has 1 fully saturated rings. The van der Waals surface area contributed by atoms with Gasteiger partial charge in [-0.05, 0) is 65.8 Å². The molecule has 1 aliphatic rings. The first-order valence-electron chi connectivity index (χ1n) is 13.0. The highest BCUT2D eigenvalue weighted by Crippen LogP contribution is 2.25. The second-order valence-corrected chi connectivity index (χ2v) is 12.3. The minimum atomic E-state index is -4.60. The predicted molar refractivity (Wildman–Crippen MR) is 147 cm³/mol. The Kier molecular flexibility index (Phi) is 8.63. The largest absolute Gasteiger partial charge is 0.390 e. The molecule has 40 heavy (non-hydrogen) atoms. The van der Waals surface area contributed by atoms with Gasteiger partial charge in [0.05, 0.1) is 18.4 Å². The monoisotopic (exact) mass is 582 g/mol. The lowest BCUT2D eigenvalue weighted by Gasteiger charge is -2.32. The standard InChI is InChI=1S/C25H33F3N8O3S/c1-15(2)36-22-19(14-30-24(33-22)31-17-6-8-18(9-7-17)35(3)4)32-21(23(36)37)16-5-10-20(29-13-16)34-40(38,39)12-11-25(26,27)28/h5,10,13-15,17-18H,6-9,11-12H2,1-4H3,(H,29,34)(H,30,31,33). The summed E-state index contributed by atoms with van der Waals surface area (Å²) in [6.07, 6.45) is 0.823. The molecule has 15 heteroatoms. The maximum atomic E-state index is 13.5. The van der Waals surface area contributed by atoms with Crippen molar-refractivity contribution in [2.24, 2.45) is 0 Å². The fraction of sp³-hybridized carbons (Fsp3) is 0.560. The Balaban J connectivity index is 1.57. The van der Waals surface area contributed by atoms with Gasteiger partial charge in [-0.3, -0.25) is 14.1 Å². The van der Waals surface area contributed by atoms with Crippen molar-refractivity contribution in [3.63, 3.8) is 0 Å². The first-order chi connectivity index (χ1) is 18.7. The van der Waals surface area contributed by atoms with Crippen molar-refractivity contribution in [1.82, 2.24) is 29.4 Å². The summed E-state index contributed by atoms with van der Waals surface area (Å²) in [5.41, 5.74) is 0.720. The molecule has 0 aliphatic heterocycles. The van der Waals surface area contributed by atoms with E-state index in [4.69, 9.17) is 0 Å². The van der Waals surface area contributed by atoms with Crippen molar-refractivity contribution in [2.75, 3.05) is 29.9 Å². The van der Waals surface area contributed by atoms with Gasteiger partial charge in [0.25, 0.3) is 5.56 Å². The number of nitrogens with zero attached hydrogens (tertiary/aromatic N) is 6. The number of pyridine rings is 1. The van der Waals surface area contributed by atoms with Gasteiger partial charge in [-0.1, -0.05) is 0 Å². The van der Waals surface area contributed by atoms with Crippen LogP contribution in [-0.2, 0) is 10.0 Å². The Bertz CT molecular complexity index is 1500. The van der Waals surface area contributed by atoms with Crippen molar-refractivity contribution in [2.45, 2.75) is 70.3 Å². The molecule has 0 bridgehead atoms. The van der Waals surface area contributed by atoms with Crippen molar-refractivity contribution in [3.8, 4) is 11.3 Å². The van der Waals surface area contributed by atoms with Crippen LogP contribution in [0.1, 0.15) is 52.0 Å². The van der Waals surface area contributed by atoms with E-state index in [2.05, 4.69) is 44.2 Å². The number of halogens is 3. The number of nitrogens with one attached hydrogen (secondary N) is 2. The van der Waals surface area contributed by atoms with E-state index in [1.165, 1.54) is 22.9 Å². The fourth-order valence-corrected chi connectivity index (χ4v) is 5.75. The SMILES string of the molecule is CC(C)n1c(=O)c(-c2ccc(NS(=O)(=O)CCC(F)(F)F)nc2)nc2cnc(NC3CCC(N(C)C)CC3)nc21. The number of hydrogen-bond donors (Lipinski definition) is 2. The summed E-state index contributed by atoms with van der Waals surface area (Å²) in [6, 6.07) is 3.22. The van der Waals surface area contributed by atoms with Crippen LogP contribution in [0.15, 0.2) is 29.3 Å². The van der Waals surface area contributed by atoms with Crippen LogP contribution in [0.25, 0.3) is 22.4 Å². The minimum absolute atomic E-state index is 0.0616. The molecule has 0 spiro atoms. The highest BCUT2D eigenvalue weighted by Gasteiger charge is 2.30. The summed E-state index contributed by atoms with van der Waals surface area (Å²) in [7, 11) is -0.0821. The van der Waals surface area contributed by atoms with Crippen LogP contribution in [0.3, 0.4) is 0 Å². The van der Waals surface area contributed by atoms with Crippen LogP contribution >= 0.6 is 0 Å². The number of alkyl halides is 3. The molecule has 0 atom stereocenters. The van der Waals surface area contributed by atoms with Crippen LogP contribution in [0.5, 0.6) is 0 Å². The number of fused-ring (bicyclic) bond motifs is 1. The molecule has 218 valence electrons. The third-order valence-electron chi connectivity index (χ3n) is 6.86. The van der Waals surface area contributed by atoms with Gasteiger partial charge in [-0.15, -0.1) is 0 Å². The van der Waals surface area contributed by atoms with E-state index in [9.17, 15) is 26.4 Å². The van der Waals surface area contributed by atoms with Crippen molar-refractivity contribution >= 4 is 33.0 Å². The summed E-state index contributed by atoms with van der Waals surface area (Å²) in [4.78, 5) is 33.2. The molecule has 11 nitrogen and oxygen atoms in total. The van der Waals surface area contributed by atoms with Gasteiger partial charge in [0.1, 0.15) is 17.0 Å². The molecule has 3 heterocycles. The number of hydrogen-bond acceptors (Lipinski definition) is 9. The van der Waals surface area contributed by atoms with Crippen LogP contribution in [0, 0.1) is 0 Å². The lowest BCUT2D eigenvalue weighted by molar-refractivity contribution is -0.129. The average Bonchev–Trinajstić information content (AvgIpc) is 2.87. The second kappa shape index (κ2) is 11.6. The molecule has 1 aliphatic carbocycles. The average molecular weight is 583 g/mol. The van der Waals surface area contributed by atoms with Crippen molar-refractivity contribution < 1.29 is 21.6 Å². The number of sulfonamides is 1. The molecule has 0 radical (unpaired) electrons. The third-order valence-corrected chi connectivity index (χ3v) is 8.12. The molecule has 1 saturated carbocycles. The molecular weight excluding hydrogens is 549 g/mol. The highest BCUT2D eigenvalue weighted by molar-refractivity contribution is 7.92. The molecule has 3 aromatic heterocycles. The summed E-state index contributed by atoms with van der Waals surface area (Å²) in [5.74, 6) is -0.873. The molecule has 0 unspecified atom stereocenters. The van der Waals surface area contributed by atoms with Crippen molar-refractivity contribution in [3.05, 3.63) is 34.9 Å². The maximum absolute atomic E-state index is 13.5. The zero-order chi connectivity index (χ0) is 29.2. The summed E-state index contributed by atoms with van der Waals surface area (Å²) >= 11 is 0. The van der Waals surface area contributed by atoms with E-state index >= 15 is 0 Å².